The monoisotopic (exact) mass is 270 g/mol. The van der Waals surface area contributed by atoms with Gasteiger partial charge in [0.25, 0.3) is 0 Å². The van der Waals surface area contributed by atoms with Gasteiger partial charge in [0, 0.05) is 12.0 Å². The summed E-state index contributed by atoms with van der Waals surface area (Å²) in [5, 5.41) is 10.2. The quantitative estimate of drug-likeness (QED) is 0.815. The van der Waals surface area contributed by atoms with E-state index in [2.05, 4.69) is 0 Å². The fourth-order valence-electron chi connectivity index (χ4n) is 2.06. The summed E-state index contributed by atoms with van der Waals surface area (Å²) in [6.07, 6.45) is 1.25. The molecule has 104 valence electrons. The molecule has 0 saturated carbocycles. The van der Waals surface area contributed by atoms with Gasteiger partial charge in [-0.1, -0.05) is 49.4 Å². The number of hydrogen-bond acceptors (Lipinski definition) is 3. The lowest BCUT2D eigenvalue weighted by molar-refractivity contribution is -0.108. The van der Waals surface area contributed by atoms with Crippen molar-refractivity contribution in [3.05, 3.63) is 59.7 Å². The molecule has 1 unspecified atom stereocenters. The van der Waals surface area contributed by atoms with E-state index in [1.807, 2.05) is 49.4 Å². The first-order valence-electron chi connectivity index (χ1n) is 6.64. The highest BCUT2D eigenvalue weighted by molar-refractivity contribution is 5.54. The summed E-state index contributed by atoms with van der Waals surface area (Å²) < 4.78 is 5.65. The molecule has 0 fully saturated rings. The van der Waals surface area contributed by atoms with Crippen LogP contribution >= 0.6 is 0 Å². The van der Waals surface area contributed by atoms with Crippen LogP contribution in [-0.4, -0.2) is 11.4 Å². The average molecular weight is 270 g/mol. The van der Waals surface area contributed by atoms with Crippen LogP contribution in [0.15, 0.2) is 48.5 Å². The number of benzene rings is 2. The minimum absolute atomic E-state index is 0.0206. The van der Waals surface area contributed by atoms with Gasteiger partial charge < -0.3 is 14.6 Å². The first-order valence-corrected chi connectivity index (χ1v) is 6.64. The highest BCUT2D eigenvalue weighted by atomic mass is 16.5. The number of para-hydroxylation sites is 1. The van der Waals surface area contributed by atoms with E-state index in [1.165, 1.54) is 0 Å². The first kappa shape index (κ1) is 14.1. The summed E-state index contributed by atoms with van der Waals surface area (Å²) in [6.45, 7) is 2.31. The highest BCUT2D eigenvalue weighted by Gasteiger charge is 2.14. The topological polar surface area (TPSA) is 46.5 Å². The van der Waals surface area contributed by atoms with Crippen molar-refractivity contribution in [2.75, 3.05) is 0 Å². The number of phenols is 1. The maximum absolute atomic E-state index is 10.6. The minimum Gasteiger partial charge on any atom is -0.504 e. The van der Waals surface area contributed by atoms with E-state index < -0.39 is 0 Å². The third kappa shape index (κ3) is 3.38. The average Bonchev–Trinajstić information content (AvgIpc) is 2.47. The van der Waals surface area contributed by atoms with Gasteiger partial charge >= 0.3 is 0 Å². The van der Waals surface area contributed by atoms with Crippen LogP contribution in [0.3, 0.4) is 0 Å². The minimum atomic E-state index is -0.0206. The van der Waals surface area contributed by atoms with Gasteiger partial charge in [-0.05, 0) is 17.5 Å². The maximum atomic E-state index is 10.6. The van der Waals surface area contributed by atoms with E-state index in [-0.39, 0.29) is 11.7 Å². The molecule has 1 N–H and O–H groups in total. The van der Waals surface area contributed by atoms with Gasteiger partial charge in [-0.2, -0.15) is 0 Å². The van der Waals surface area contributed by atoms with Gasteiger partial charge in [0.1, 0.15) is 12.9 Å². The van der Waals surface area contributed by atoms with Gasteiger partial charge in [0.15, 0.2) is 11.5 Å². The molecule has 3 nitrogen and oxygen atoms in total. The fourth-order valence-corrected chi connectivity index (χ4v) is 2.06. The number of aromatic hydroxyl groups is 1. The summed E-state index contributed by atoms with van der Waals surface area (Å²) in [5.74, 6) is 0.551. The Morgan fingerprint density at radius 3 is 2.60 bits per heavy atom. The van der Waals surface area contributed by atoms with E-state index in [0.29, 0.717) is 18.8 Å². The number of phenolic OH excluding ortho intramolecular Hbond substituents is 1. The molecule has 3 heteroatoms. The smallest absolute Gasteiger partial charge is 0.161 e. The van der Waals surface area contributed by atoms with Crippen molar-refractivity contribution < 1.29 is 14.6 Å². The van der Waals surface area contributed by atoms with Crippen molar-refractivity contribution in [2.45, 2.75) is 25.9 Å². The zero-order valence-corrected chi connectivity index (χ0v) is 11.5. The van der Waals surface area contributed by atoms with Crippen molar-refractivity contribution in [1.29, 1.82) is 0 Å². The van der Waals surface area contributed by atoms with Crippen LogP contribution in [-0.2, 0) is 11.4 Å². The summed E-state index contributed by atoms with van der Waals surface area (Å²) in [6, 6.07) is 15.2. The van der Waals surface area contributed by atoms with E-state index in [9.17, 15) is 9.90 Å². The molecule has 0 amide bonds. The predicted octanol–water partition coefficient (Wildman–Crippen LogP) is 3.66. The number of rotatable bonds is 6. The summed E-state index contributed by atoms with van der Waals surface area (Å²) in [4.78, 5) is 10.6. The Balaban J connectivity index is 2.12. The highest BCUT2D eigenvalue weighted by Crippen LogP contribution is 2.35. The Morgan fingerprint density at radius 2 is 1.90 bits per heavy atom. The maximum Gasteiger partial charge on any atom is 0.161 e. The third-order valence-electron chi connectivity index (χ3n) is 3.25. The normalized spacial score (nSPS) is 11.8. The van der Waals surface area contributed by atoms with Gasteiger partial charge in [-0.25, -0.2) is 0 Å². The molecule has 0 spiro atoms. The predicted molar refractivity (Wildman–Crippen MR) is 78.0 cm³/mol. The molecule has 0 aliphatic carbocycles. The summed E-state index contributed by atoms with van der Waals surface area (Å²) >= 11 is 0. The van der Waals surface area contributed by atoms with Gasteiger partial charge in [-0.3, -0.25) is 0 Å². The zero-order valence-electron chi connectivity index (χ0n) is 11.5. The Labute approximate surface area is 118 Å². The zero-order chi connectivity index (χ0) is 14.4. The van der Waals surface area contributed by atoms with Crippen LogP contribution in [0.4, 0.5) is 0 Å². The molecule has 2 aromatic carbocycles. The van der Waals surface area contributed by atoms with Crippen molar-refractivity contribution in [3.8, 4) is 11.5 Å². The van der Waals surface area contributed by atoms with Gasteiger partial charge in [-0.15, -0.1) is 0 Å². The SMILES string of the molecule is CC(CC=O)c1cccc(OCc2ccccc2)c1O. The lowest BCUT2D eigenvalue weighted by Gasteiger charge is -2.14. The van der Waals surface area contributed by atoms with E-state index in [4.69, 9.17) is 4.74 Å². The second kappa shape index (κ2) is 6.75. The number of carbonyl (C=O) groups excluding carboxylic acids is 1. The van der Waals surface area contributed by atoms with Gasteiger partial charge in [0.2, 0.25) is 0 Å². The first-order chi connectivity index (χ1) is 9.72. The molecular formula is C17H18O3. The molecule has 1 atom stereocenters. The Morgan fingerprint density at radius 1 is 1.15 bits per heavy atom. The fraction of sp³-hybridized carbons (Fsp3) is 0.235. The molecule has 0 heterocycles. The second-order valence-corrected chi connectivity index (χ2v) is 4.77. The second-order valence-electron chi connectivity index (χ2n) is 4.77. The molecule has 0 aliphatic heterocycles. The van der Waals surface area contributed by atoms with Crippen molar-refractivity contribution in [3.63, 3.8) is 0 Å². The summed E-state index contributed by atoms with van der Waals surface area (Å²) in [5.41, 5.74) is 1.78. The molecule has 0 bridgehead atoms. The molecule has 0 saturated heterocycles. The molecule has 0 radical (unpaired) electrons. The van der Waals surface area contributed by atoms with Crippen LogP contribution < -0.4 is 4.74 Å². The van der Waals surface area contributed by atoms with Gasteiger partial charge in [0.05, 0.1) is 0 Å². The van der Waals surface area contributed by atoms with E-state index in [1.54, 1.807) is 6.07 Å². The van der Waals surface area contributed by atoms with E-state index in [0.717, 1.165) is 17.4 Å². The largest absolute Gasteiger partial charge is 0.504 e. The van der Waals surface area contributed by atoms with Crippen LogP contribution in [0.2, 0.25) is 0 Å². The lowest BCUT2D eigenvalue weighted by atomic mass is 9.97. The molecule has 20 heavy (non-hydrogen) atoms. The van der Waals surface area contributed by atoms with Crippen LogP contribution in [0.1, 0.15) is 30.4 Å². The number of aldehydes is 1. The summed E-state index contributed by atoms with van der Waals surface area (Å²) in [7, 11) is 0. The molecule has 0 aliphatic rings. The van der Waals surface area contributed by atoms with Crippen LogP contribution in [0, 0.1) is 0 Å². The van der Waals surface area contributed by atoms with Crippen LogP contribution in [0.5, 0.6) is 11.5 Å². The van der Waals surface area contributed by atoms with E-state index >= 15 is 0 Å². The Kier molecular flexibility index (Phi) is 4.77. The number of hydrogen-bond donors (Lipinski definition) is 1. The lowest BCUT2D eigenvalue weighted by Crippen LogP contribution is -1.99. The van der Waals surface area contributed by atoms with Crippen molar-refractivity contribution in [1.82, 2.24) is 0 Å². The molecule has 2 aromatic rings. The number of ether oxygens (including phenoxy) is 1. The van der Waals surface area contributed by atoms with Crippen LogP contribution in [0.25, 0.3) is 0 Å². The standard InChI is InChI=1S/C17H18O3/c1-13(10-11-18)15-8-5-9-16(17(15)19)20-12-14-6-3-2-4-7-14/h2-9,11,13,19H,10,12H2,1H3. The molecule has 0 aromatic heterocycles. The molecule has 2 rings (SSSR count). The third-order valence-corrected chi connectivity index (χ3v) is 3.25. The van der Waals surface area contributed by atoms with Crippen molar-refractivity contribution >= 4 is 6.29 Å². The number of carbonyl (C=O) groups is 1. The Hall–Kier alpha value is -2.29. The van der Waals surface area contributed by atoms with Crippen molar-refractivity contribution in [2.24, 2.45) is 0 Å². The Bertz CT molecular complexity index is 564. The molecular weight excluding hydrogens is 252 g/mol.